The van der Waals surface area contributed by atoms with E-state index in [9.17, 15) is 4.79 Å². The summed E-state index contributed by atoms with van der Waals surface area (Å²) in [6, 6.07) is 3.96. The summed E-state index contributed by atoms with van der Waals surface area (Å²) in [6.45, 7) is 2.69. The first-order valence-corrected chi connectivity index (χ1v) is 7.24. The Morgan fingerprint density at radius 2 is 2.15 bits per heavy atom. The average Bonchev–Trinajstić information content (AvgIpc) is 2.47. The maximum absolute atomic E-state index is 11.8. The van der Waals surface area contributed by atoms with Crippen LogP contribution in [0.1, 0.15) is 36.9 Å². The zero-order chi connectivity index (χ0) is 14.4. The van der Waals surface area contributed by atoms with E-state index in [1.165, 1.54) is 0 Å². The zero-order valence-electron chi connectivity index (χ0n) is 11.9. The van der Waals surface area contributed by atoms with Crippen molar-refractivity contribution in [3.8, 4) is 0 Å². The van der Waals surface area contributed by atoms with Gasteiger partial charge in [0.2, 0.25) is 0 Å². The minimum atomic E-state index is -0.137. The van der Waals surface area contributed by atoms with Crippen LogP contribution < -0.4 is 10.6 Å². The predicted octanol–water partition coefficient (Wildman–Crippen LogP) is 1.74. The first kappa shape index (κ1) is 14.8. The van der Waals surface area contributed by atoms with Crippen LogP contribution in [0.4, 0.5) is 4.79 Å². The molecule has 5 nitrogen and oxygen atoms in total. The van der Waals surface area contributed by atoms with Crippen LogP contribution in [0.25, 0.3) is 0 Å². The van der Waals surface area contributed by atoms with Gasteiger partial charge in [0.15, 0.2) is 0 Å². The van der Waals surface area contributed by atoms with Gasteiger partial charge in [-0.05, 0) is 50.2 Å². The van der Waals surface area contributed by atoms with Crippen LogP contribution in [0, 0.1) is 12.8 Å². The summed E-state index contributed by atoms with van der Waals surface area (Å²) in [5.41, 5.74) is 1.97. The van der Waals surface area contributed by atoms with Crippen LogP contribution in [-0.4, -0.2) is 28.8 Å². The van der Waals surface area contributed by atoms with Crippen LogP contribution >= 0.6 is 0 Å². The summed E-state index contributed by atoms with van der Waals surface area (Å²) in [4.78, 5) is 16.1. The summed E-state index contributed by atoms with van der Waals surface area (Å²) in [5, 5.41) is 14.9. The Balaban J connectivity index is 1.72. The molecule has 1 aliphatic rings. The molecule has 110 valence electrons. The molecule has 1 heterocycles. The molecule has 1 aliphatic carbocycles. The molecule has 0 spiro atoms. The third-order valence-corrected chi connectivity index (χ3v) is 3.97. The minimum Gasteiger partial charge on any atom is -0.396 e. The number of aliphatic hydroxyl groups is 1. The molecule has 0 atom stereocenters. The molecule has 0 saturated heterocycles. The third kappa shape index (κ3) is 4.20. The molecule has 0 radical (unpaired) electrons. The molecule has 0 bridgehead atoms. The molecule has 1 fully saturated rings. The number of carbonyl (C=O) groups is 1. The Morgan fingerprint density at radius 1 is 1.40 bits per heavy atom. The highest BCUT2D eigenvalue weighted by molar-refractivity contribution is 5.74. The topological polar surface area (TPSA) is 74.2 Å². The van der Waals surface area contributed by atoms with Crippen molar-refractivity contribution in [3.05, 3.63) is 29.6 Å². The number of pyridine rings is 1. The third-order valence-electron chi connectivity index (χ3n) is 3.97. The number of nitrogens with one attached hydrogen (secondary N) is 2. The van der Waals surface area contributed by atoms with Gasteiger partial charge in [-0.25, -0.2) is 4.79 Å². The van der Waals surface area contributed by atoms with Gasteiger partial charge >= 0.3 is 6.03 Å². The van der Waals surface area contributed by atoms with Crippen LogP contribution in [0.3, 0.4) is 0 Å². The zero-order valence-corrected chi connectivity index (χ0v) is 11.9. The quantitative estimate of drug-likeness (QED) is 0.785. The first-order valence-electron chi connectivity index (χ1n) is 7.24. The molecule has 2 rings (SSSR count). The summed E-state index contributed by atoms with van der Waals surface area (Å²) >= 11 is 0. The van der Waals surface area contributed by atoms with Crippen molar-refractivity contribution < 1.29 is 9.90 Å². The van der Waals surface area contributed by atoms with Crippen LogP contribution in [0.15, 0.2) is 18.3 Å². The largest absolute Gasteiger partial charge is 0.396 e. The highest BCUT2D eigenvalue weighted by Gasteiger charge is 2.21. The molecule has 1 aromatic rings. The number of aryl methyl sites for hydroxylation is 1. The van der Waals surface area contributed by atoms with E-state index in [-0.39, 0.29) is 18.7 Å². The molecule has 1 saturated carbocycles. The fourth-order valence-corrected chi connectivity index (χ4v) is 2.59. The molecule has 1 aromatic heterocycles. The summed E-state index contributed by atoms with van der Waals surface area (Å²) in [7, 11) is 0. The maximum atomic E-state index is 11.8. The lowest BCUT2D eigenvalue weighted by Crippen LogP contribution is -2.43. The van der Waals surface area contributed by atoms with Gasteiger partial charge in [-0.15, -0.1) is 0 Å². The number of hydrogen-bond donors (Lipinski definition) is 3. The fraction of sp³-hybridized carbons (Fsp3) is 0.600. The number of urea groups is 1. The van der Waals surface area contributed by atoms with Gasteiger partial charge in [0.1, 0.15) is 0 Å². The van der Waals surface area contributed by atoms with E-state index in [0.29, 0.717) is 12.5 Å². The van der Waals surface area contributed by atoms with E-state index in [2.05, 4.69) is 15.6 Å². The lowest BCUT2D eigenvalue weighted by atomic mass is 9.87. The Morgan fingerprint density at radius 3 is 2.80 bits per heavy atom. The van der Waals surface area contributed by atoms with E-state index in [4.69, 9.17) is 5.11 Å². The van der Waals surface area contributed by atoms with Gasteiger partial charge in [-0.2, -0.15) is 0 Å². The summed E-state index contributed by atoms with van der Waals surface area (Å²) in [6.07, 6.45) is 5.60. The highest BCUT2D eigenvalue weighted by Crippen LogP contribution is 2.23. The van der Waals surface area contributed by atoms with Gasteiger partial charge in [-0.1, -0.05) is 6.07 Å². The fourth-order valence-electron chi connectivity index (χ4n) is 2.59. The lowest BCUT2D eigenvalue weighted by molar-refractivity contribution is 0.174. The second kappa shape index (κ2) is 7.24. The maximum Gasteiger partial charge on any atom is 0.315 e. The number of rotatable bonds is 4. The van der Waals surface area contributed by atoms with E-state index in [0.717, 1.165) is 36.9 Å². The standard InChI is InChI=1S/C15H23N3O2/c1-11-3-2-8-16-14(11)9-17-15(20)18-13-6-4-12(10-19)5-7-13/h2-3,8,12-13,19H,4-7,9-10H2,1H3,(H2,17,18,20). The van der Waals surface area contributed by atoms with Gasteiger partial charge in [0.25, 0.3) is 0 Å². The molecule has 0 aromatic carbocycles. The smallest absolute Gasteiger partial charge is 0.315 e. The minimum absolute atomic E-state index is 0.137. The molecule has 0 unspecified atom stereocenters. The van der Waals surface area contributed by atoms with Gasteiger partial charge in [-0.3, -0.25) is 4.98 Å². The molecular formula is C15H23N3O2. The predicted molar refractivity (Wildman–Crippen MR) is 77.2 cm³/mol. The Labute approximate surface area is 119 Å². The summed E-state index contributed by atoms with van der Waals surface area (Å²) in [5.74, 6) is 0.410. The number of hydrogen-bond acceptors (Lipinski definition) is 3. The second-order valence-electron chi connectivity index (χ2n) is 5.49. The van der Waals surface area contributed by atoms with E-state index in [1.54, 1.807) is 6.20 Å². The van der Waals surface area contributed by atoms with Crippen LogP contribution in [0.2, 0.25) is 0 Å². The molecule has 0 aliphatic heterocycles. The van der Waals surface area contributed by atoms with Gasteiger partial charge < -0.3 is 15.7 Å². The number of amides is 2. The van der Waals surface area contributed by atoms with Crippen molar-refractivity contribution in [1.82, 2.24) is 15.6 Å². The van der Waals surface area contributed by atoms with Crippen molar-refractivity contribution in [3.63, 3.8) is 0 Å². The Kier molecular flexibility index (Phi) is 5.35. The SMILES string of the molecule is Cc1cccnc1CNC(=O)NC1CCC(CO)CC1. The average molecular weight is 277 g/mol. The monoisotopic (exact) mass is 277 g/mol. The van der Waals surface area contributed by atoms with E-state index in [1.807, 2.05) is 19.1 Å². The van der Waals surface area contributed by atoms with E-state index < -0.39 is 0 Å². The van der Waals surface area contributed by atoms with Crippen molar-refractivity contribution in [2.75, 3.05) is 6.61 Å². The van der Waals surface area contributed by atoms with Crippen LogP contribution in [0.5, 0.6) is 0 Å². The molecule has 5 heteroatoms. The lowest BCUT2D eigenvalue weighted by Gasteiger charge is -2.27. The van der Waals surface area contributed by atoms with Gasteiger partial charge in [0.05, 0.1) is 12.2 Å². The van der Waals surface area contributed by atoms with Crippen LogP contribution in [-0.2, 0) is 6.54 Å². The van der Waals surface area contributed by atoms with Gasteiger partial charge in [0, 0.05) is 18.8 Å². The summed E-state index contributed by atoms with van der Waals surface area (Å²) < 4.78 is 0. The Bertz CT molecular complexity index is 442. The molecule has 3 N–H and O–H groups in total. The number of nitrogens with zero attached hydrogens (tertiary/aromatic N) is 1. The van der Waals surface area contributed by atoms with E-state index >= 15 is 0 Å². The van der Waals surface area contributed by atoms with Crippen molar-refractivity contribution in [2.45, 2.75) is 45.2 Å². The molecular weight excluding hydrogens is 254 g/mol. The highest BCUT2D eigenvalue weighted by atomic mass is 16.3. The Hall–Kier alpha value is -1.62. The normalized spacial score (nSPS) is 22.3. The van der Waals surface area contributed by atoms with Crippen molar-refractivity contribution >= 4 is 6.03 Å². The molecule has 2 amide bonds. The number of carbonyl (C=O) groups excluding carboxylic acids is 1. The van der Waals surface area contributed by atoms with Crippen molar-refractivity contribution in [1.29, 1.82) is 0 Å². The first-order chi connectivity index (χ1) is 9.69. The second-order valence-corrected chi connectivity index (χ2v) is 5.49. The van der Waals surface area contributed by atoms with Crippen molar-refractivity contribution in [2.24, 2.45) is 5.92 Å². The number of aliphatic hydroxyl groups excluding tert-OH is 1. The molecule has 20 heavy (non-hydrogen) atoms. The number of aromatic nitrogens is 1.